The van der Waals surface area contributed by atoms with Crippen molar-refractivity contribution in [2.24, 2.45) is 5.14 Å². The van der Waals surface area contributed by atoms with Gasteiger partial charge in [-0.1, -0.05) is 0 Å². The molecule has 9 heteroatoms. The summed E-state index contributed by atoms with van der Waals surface area (Å²) in [6.45, 7) is 4.26. The molecule has 0 spiro atoms. The Bertz CT molecular complexity index is 1200. The average molecular weight is 386 g/mol. The summed E-state index contributed by atoms with van der Waals surface area (Å²) in [5, 5.41) is 8.01. The standard InChI is InChI=1S/C18H18N4O4S/c1-3-22-10-15(16(23)14-9-4-11(2)20-17(14)22)18(24)21-12-5-7-13(8-6-12)27(19,25)26/h4-10H,3H2,1-2H3,(H,21,24)(H2,19,25,26). The number of carbonyl (C=O) groups excluding carboxylic acids is 1. The first-order chi connectivity index (χ1) is 12.7. The fourth-order valence-electron chi connectivity index (χ4n) is 2.69. The van der Waals surface area contributed by atoms with Gasteiger partial charge in [-0.05, 0) is 50.2 Å². The number of nitrogens with zero attached hydrogens (tertiary/aromatic N) is 2. The third-order valence-corrected chi connectivity index (χ3v) is 5.02. The molecule has 27 heavy (non-hydrogen) atoms. The number of hydrogen-bond acceptors (Lipinski definition) is 5. The number of benzene rings is 1. The molecule has 3 N–H and O–H groups in total. The van der Waals surface area contributed by atoms with Crippen LogP contribution < -0.4 is 15.9 Å². The SMILES string of the molecule is CCn1cc(C(=O)Nc2ccc(S(N)(=O)=O)cc2)c(=O)c2ccc(C)nc21. The molecular formula is C18H18N4O4S. The minimum Gasteiger partial charge on any atom is -0.332 e. The molecule has 0 fully saturated rings. The first-order valence-corrected chi connectivity index (χ1v) is 9.70. The zero-order valence-corrected chi connectivity index (χ0v) is 15.6. The summed E-state index contributed by atoms with van der Waals surface area (Å²) >= 11 is 0. The number of fused-ring (bicyclic) bond motifs is 1. The van der Waals surface area contributed by atoms with Crippen molar-refractivity contribution in [1.29, 1.82) is 0 Å². The highest BCUT2D eigenvalue weighted by Gasteiger charge is 2.16. The van der Waals surface area contributed by atoms with E-state index < -0.39 is 21.4 Å². The molecule has 0 bridgehead atoms. The first-order valence-electron chi connectivity index (χ1n) is 8.15. The molecule has 3 rings (SSSR count). The molecule has 3 aromatic rings. The van der Waals surface area contributed by atoms with Gasteiger partial charge in [0.15, 0.2) is 0 Å². The van der Waals surface area contributed by atoms with E-state index in [0.29, 0.717) is 23.3 Å². The zero-order chi connectivity index (χ0) is 19.8. The smallest absolute Gasteiger partial charge is 0.261 e. The van der Waals surface area contributed by atoms with Gasteiger partial charge in [-0.25, -0.2) is 18.5 Å². The van der Waals surface area contributed by atoms with Gasteiger partial charge in [0.25, 0.3) is 5.91 Å². The predicted octanol–water partition coefficient (Wildman–Crippen LogP) is 1.62. The Balaban J connectivity index is 2.00. The van der Waals surface area contributed by atoms with Gasteiger partial charge in [-0.2, -0.15) is 0 Å². The molecule has 0 aliphatic heterocycles. The summed E-state index contributed by atoms with van der Waals surface area (Å²) in [6, 6.07) is 8.75. The minimum atomic E-state index is -3.82. The normalized spacial score (nSPS) is 11.5. The molecule has 0 aliphatic carbocycles. The number of aromatic nitrogens is 2. The van der Waals surface area contributed by atoms with Crippen molar-refractivity contribution in [3.8, 4) is 0 Å². The Morgan fingerprint density at radius 1 is 1.19 bits per heavy atom. The molecule has 0 unspecified atom stereocenters. The second-order valence-corrected chi connectivity index (χ2v) is 7.57. The number of hydrogen-bond donors (Lipinski definition) is 2. The van der Waals surface area contributed by atoms with E-state index in [4.69, 9.17) is 5.14 Å². The fraction of sp³-hybridized carbons (Fsp3) is 0.167. The van der Waals surface area contributed by atoms with Crippen molar-refractivity contribution in [2.75, 3.05) is 5.32 Å². The highest BCUT2D eigenvalue weighted by molar-refractivity contribution is 7.89. The number of primary sulfonamides is 1. The Kier molecular flexibility index (Phi) is 4.81. The Morgan fingerprint density at radius 3 is 2.44 bits per heavy atom. The van der Waals surface area contributed by atoms with Crippen molar-refractivity contribution >= 4 is 32.7 Å². The number of nitrogens with two attached hydrogens (primary N) is 1. The van der Waals surface area contributed by atoms with Crippen molar-refractivity contribution in [3.63, 3.8) is 0 Å². The minimum absolute atomic E-state index is 0.0227. The van der Waals surface area contributed by atoms with Crippen molar-refractivity contribution in [2.45, 2.75) is 25.3 Å². The number of sulfonamides is 1. The first kappa shape index (κ1) is 18.7. The summed E-state index contributed by atoms with van der Waals surface area (Å²) in [6.07, 6.45) is 1.48. The lowest BCUT2D eigenvalue weighted by atomic mass is 10.1. The van der Waals surface area contributed by atoms with Crippen LogP contribution in [0.15, 0.2) is 52.3 Å². The van der Waals surface area contributed by atoms with Gasteiger partial charge in [-0.15, -0.1) is 0 Å². The maximum atomic E-state index is 12.7. The maximum Gasteiger partial charge on any atom is 0.261 e. The number of rotatable bonds is 4. The molecule has 0 atom stereocenters. The van der Waals surface area contributed by atoms with Crippen LogP contribution in [0.5, 0.6) is 0 Å². The molecule has 140 valence electrons. The Labute approximate surface area is 155 Å². The van der Waals surface area contributed by atoms with Crippen molar-refractivity contribution in [1.82, 2.24) is 9.55 Å². The second-order valence-electron chi connectivity index (χ2n) is 6.01. The molecule has 8 nitrogen and oxygen atoms in total. The van der Waals surface area contributed by atoms with Crippen LogP contribution in [0.1, 0.15) is 23.0 Å². The van der Waals surface area contributed by atoms with E-state index in [1.54, 1.807) is 16.7 Å². The van der Waals surface area contributed by atoms with Crippen molar-refractivity contribution in [3.05, 3.63) is 64.1 Å². The van der Waals surface area contributed by atoms with E-state index in [9.17, 15) is 18.0 Å². The zero-order valence-electron chi connectivity index (χ0n) is 14.8. The van der Waals surface area contributed by atoms with Crippen LogP contribution in [0, 0.1) is 6.92 Å². The molecule has 1 aromatic carbocycles. The van der Waals surface area contributed by atoms with E-state index in [-0.39, 0.29) is 10.5 Å². The lowest BCUT2D eigenvalue weighted by Crippen LogP contribution is -2.24. The van der Waals surface area contributed by atoms with Crippen LogP contribution in [0.2, 0.25) is 0 Å². The highest BCUT2D eigenvalue weighted by atomic mass is 32.2. The Hall–Kier alpha value is -3.04. The summed E-state index contributed by atoms with van der Waals surface area (Å²) in [4.78, 5) is 29.6. The topological polar surface area (TPSA) is 124 Å². The van der Waals surface area contributed by atoms with Crippen LogP contribution in [0.3, 0.4) is 0 Å². The summed E-state index contributed by atoms with van der Waals surface area (Å²) in [5.74, 6) is -0.590. The number of anilines is 1. The summed E-state index contributed by atoms with van der Waals surface area (Å²) in [5.41, 5.74) is 1.20. The van der Waals surface area contributed by atoms with Crippen LogP contribution in [0.4, 0.5) is 5.69 Å². The van der Waals surface area contributed by atoms with Crippen LogP contribution in [-0.2, 0) is 16.6 Å². The van der Waals surface area contributed by atoms with Gasteiger partial charge < -0.3 is 9.88 Å². The number of carbonyl (C=O) groups is 1. The lowest BCUT2D eigenvalue weighted by molar-refractivity contribution is 0.102. The van der Waals surface area contributed by atoms with Crippen LogP contribution >= 0.6 is 0 Å². The molecule has 0 saturated carbocycles. The van der Waals surface area contributed by atoms with E-state index >= 15 is 0 Å². The van der Waals surface area contributed by atoms with Crippen LogP contribution in [0.25, 0.3) is 11.0 Å². The quantitative estimate of drug-likeness (QED) is 0.705. The lowest BCUT2D eigenvalue weighted by Gasteiger charge is -2.11. The van der Waals surface area contributed by atoms with Crippen molar-refractivity contribution < 1.29 is 13.2 Å². The molecule has 0 saturated heterocycles. The number of pyridine rings is 2. The molecular weight excluding hydrogens is 368 g/mol. The highest BCUT2D eigenvalue weighted by Crippen LogP contribution is 2.15. The second kappa shape index (κ2) is 6.93. The molecule has 0 aliphatic rings. The predicted molar refractivity (Wildman–Crippen MR) is 102 cm³/mol. The summed E-state index contributed by atoms with van der Waals surface area (Å²) < 4.78 is 24.3. The van der Waals surface area contributed by atoms with E-state index in [1.807, 2.05) is 13.8 Å². The monoisotopic (exact) mass is 386 g/mol. The van der Waals surface area contributed by atoms with Gasteiger partial charge in [0.05, 0.1) is 10.3 Å². The summed E-state index contributed by atoms with van der Waals surface area (Å²) in [7, 11) is -3.82. The van der Waals surface area contributed by atoms with Crippen LogP contribution in [-0.4, -0.2) is 23.9 Å². The third kappa shape index (κ3) is 3.74. The molecule has 0 radical (unpaired) electrons. The number of amides is 1. The van der Waals surface area contributed by atoms with Gasteiger partial charge in [0, 0.05) is 24.1 Å². The average Bonchev–Trinajstić information content (AvgIpc) is 2.61. The number of aryl methyl sites for hydroxylation is 2. The fourth-order valence-corrected chi connectivity index (χ4v) is 3.20. The van der Waals surface area contributed by atoms with Gasteiger partial charge in [-0.3, -0.25) is 9.59 Å². The van der Waals surface area contributed by atoms with E-state index in [0.717, 1.165) is 5.69 Å². The third-order valence-electron chi connectivity index (χ3n) is 4.09. The van der Waals surface area contributed by atoms with Gasteiger partial charge >= 0.3 is 0 Å². The maximum absolute atomic E-state index is 12.7. The van der Waals surface area contributed by atoms with Gasteiger partial charge in [0.1, 0.15) is 11.2 Å². The number of nitrogens with one attached hydrogen (secondary N) is 1. The molecule has 2 heterocycles. The largest absolute Gasteiger partial charge is 0.332 e. The van der Waals surface area contributed by atoms with Gasteiger partial charge in [0.2, 0.25) is 15.5 Å². The van der Waals surface area contributed by atoms with E-state index in [2.05, 4.69) is 10.3 Å². The van der Waals surface area contributed by atoms with E-state index in [1.165, 1.54) is 30.5 Å². The Morgan fingerprint density at radius 2 is 1.85 bits per heavy atom. The molecule has 1 amide bonds. The molecule has 2 aromatic heterocycles.